The zero-order valence-electron chi connectivity index (χ0n) is 14.1. The van der Waals surface area contributed by atoms with Crippen LogP contribution in [0.5, 0.6) is 0 Å². The summed E-state index contributed by atoms with van der Waals surface area (Å²) in [5, 5.41) is 15.0. The average Bonchev–Trinajstić information content (AvgIpc) is 3.43. The van der Waals surface area contributed by atoms with Crippen LogP contribution in [0.1, 0.15) is 51.4 Å². The van der Waals surface area contributed by atoms with Gasteiger partial charge >= 0.3 is 5.97 Å². The minimum atomic E-state index is -1.37. The molecule has 2 amide bonds. The van der Waals surface area contributed by atoms with Crippen molar-refractivity contribution in [2.45, 2.75) is 51.4 Å². The largest absolute Gasteiger partial charge is 0.480 e. The molecule has 134 valence electrons. The molecule has 7 nitrogen and oxygen atoms in total. The van der Waals surface area contributed by atoms with Gasteiger partial charge in [-0.25, -0.2) is 4.98 Å². The fourth-order valence-corrected chi connectivity index (χ4v) is 3.24. The Bertz CT molecular complexity index is 659. The molecule has 0 aliphatic heterocycles. The van der Waals surface area contributed by atoms with Gasteiger partial charge in [0.25, 0.3) is 0 Å². The van der Waals surface area contributed by atoms with Crippen molar-refractivity contribution in [2.24, 2.45) is 11.3 Å². The molecule has 7 heteroatoms. The first kappa shape index (κ1) is 17.4. The Hall–Kier alpha value is -2.44. The molecule has 2 saturated carbocycles. The second-order valence-electron chi connectivity index (χ2n) is 6.95. The van der Waals surface area contributed by atoms with Gasteiger partial charge in [-0.1, -0.05) is 25.7 Å². The van der Waals surface area contributed by atoms with Crippen LogP contribution in [-0.2, 0) is 14.4 Å². The number of amides is 2. The molecule has 2 aliphatic rings. The summed E-state index contributed by atoms with van der Waals surface area (Å²) in [6, 6.07) is 3.23. The molecule has 1 aromatic heterocycles. The summed E-state index contributed by atoms with van der Waals surface area (Å²) in [4.78, 5) is 40.3. The monoisotopic (exact) mass is 345 g/mol. The standard InChI is InChI=1S/C18H23N3O4/c22-15(12-5-6-12)21-14-8-7-13(11-19-14)20-16(23)18(17(24)25)9-3-1-2-4-10-18/h7-8,11-12H,1-6,9-10H2,(H,20,23)(H,24,25)(H,19,21,22). The molecule has 1 aromatic rings. The van der Waals surface area contributed by atoms with Crippen molar-refractivity contribution in [3.05, 3.63) is 18.3 Å². The average molecular weight is 345 g/mol. The summed E-state index contributed by atoms with van der Waals surface area (Å²) < 4.78 is 0. The second kappa shape index (κ2) is 7.21. The predicted octanol–water partition coefficient (Wildman–Crippen LogP) is 2.79. The summed E-state index contributed by atoms with van der Waals surface area (Å²) in [6.07, 6.45) is 7.38. The summed E-state index contributed by atoms with van der Waals surface area (Å²) in [5.41, 5.74) is -0.936. The number of carbonyl (C=O) groups is 3. The smallest absolute Gasteiger partial charge is 0.319 e. The molecule has 0 spiro atoms. The summed E-state index contributed by atoms with van der Waals surface area (Å²) >= 11 is 0. The highest BCUT2D eigenvalue weighted by atomic mass is 16.4. The van der Waals surface area contributed by atoms with E-state index in [2.05, 4.69) is 15.6 Å². The van der Waals surface area contributed by atoms with E-state index < -0.39 is 17.3 Å². The minimum absolute atomic E-state index is 0.0347. The maximum absolute atomic E-state index is 12.7. The minimum Gasteiger partial charge on any atom is -0.480 e. The highest BCUT2D eigenvalue weighted by Crippen LogP contribution is 2.36. The van der Waals surface area contributed by atoms with E-state index in [0.29, 0.717) is 24.3 Å². The number of anilines is 2. The van der Waals surface area contributed by atoms with E-state index in [4.69, 9.17) is 0 Å². The molecule has 25 heavy (non-hydrogen) atoms. The van der Waals surface area contributed by atoms with Crippen molar-refractivity contribution in [3.8, 4) is 0 Å². The van der Waals surface area contributed by atoms with Crippen molar-refractivity contribution in [1.29, 1.82) is 0 Å². The molecule has 1 heterocycles. The number of aromatic nitrogens is 1. The molecule has 2 aliphatic carbocycles. The SMILES string of the molecule is O=C(Nc1ccc(NC(=O)C2(C(=O)O)CCCCCC2)cn1)C1CC1. The number of carbonyl (C=O) groups excluding carboxylic acids is 2. The van der Waals surface area contributed by atoms with Crippen LogP contribution in [0, 0.1) is 11.3 Å². The first-order chi connectivity index (χ1) is 12.0. The Morgan fingerprint density at radius 3 is 2.24 bits per heavy atom. The van der Waals surface area contributed by atoms with Gasteiger partial charge in [0.2, 0.25) is 11.8 Å². The van der Waals surface area contributed by atoms with Gasteiger partial charge in [-0.05, 0) is 37.8 Å². The fraction of sp³-hybridized carbons (Fsp3) is 0.556. The van der Waals surface area contributed by atoms with Crippen LogP contribution < -0.4 is 10.6 Å². The lowest BCUT2D eigenvalue weighted by molar-refractivity contribution is -0.155. The first-order valence-corrected chi connectivity index (χ1v) is 8.83. The number of hydrogen-bond acceptors (Lipinski definition) is 4. The van der Waals surface area contributed by atoms with E-state index in [9.17, 15) is 19.5 Å². The Labute approximate surface area is 146 Å². The third-order valence-corrected chi connectivity index (χ3v) is 5.02. The number of aliphatic carboxylic acids is 1. The van der Waals surface area contributed by atoms with E-state index in [1.807, 2.05) is 0 Å². The lowest BCUT2D eigenvalue weighted by atomic mass is 9.79. The quantitative estimate of drug-likeness (QED) is 0.562. The van der Waals surface area contributed by atoms with Gasteiger partial charge in [0.15, 0.2) is 0 Å². The van der Waals surface area contributed by atoms with Crippen LogP contribution in [0.15, 0.2) is 18.3 Å². The van der Waals surface area contributed by atoms with Crippen LogP contribution in [0.3, 0.4) is 0 Å². The van der Waals surface area contributed by atoms with Crippen LogP contribution in [0.2, 0.25) is 0 Å². The number of nitrogens with one attached hydrogen (secondary N) is 2. The van der Waals surface area contributed by atoms with Crippen LogP contribution in [-0.4, -0.2) is 27.9 Å². The molecular formula is C18H23N3O4. The Morgan fingerprint density at radius 1 is 1.04 bits per heavy atom. The van der Waals surface area contributed by atoms with Gasteiger partial charge in [-0.15, -0.1) is 0 Å². The Morgan fingerprint density at radius 2 is 1.72 bits per heavy atom. The molecule has 3 rings (SSSR count). The van der Waals surface area contributed by atoms with Crippen LogP contribution in [0.25, 0.3) is 0 Å². The van der Waals surface area contributed by atoms with Crippen molar-refractivity contribution in [1.82, 2.24) is 4.98 Å². The summed E-state index contributed by atoms with van der Waals surface area (Å²) in [6.45, 7) is 0. The third-order valence-electron chi connectivity index (χ3n) is 5.02. The summed E-state index contributed by atoms with van der Waals surface area (Å²) in [5.74, 6) is -1.07. The van der Waals surface area contributed by atoms with Gasteiger partial charge in [-0.2, -0.15) is 0 Å². The summed E-state index contributed by atoms with van der Waals surface area (Å²) in [7, 11) is 0. The van der Waals surface area contributed by atoms with Gasteiger partial charge in [-0.3, -0.25) is 14.4 Å². The molecule has 0 aromatic carbocycles. The lowest BCUT2D eigenvalue weighted by Crippen LogP contribution is -2.42. The molecule has 0 bridgehead atoms. The molecule has 0 radical (unpaired) electrons. The van der Waals surface area contributed by atoms with Gasteiger partial charge < -0.3 is 15.7 Å². The highest BCUT2D eigenvalue weighted by molar-refractivity contribution is 6.08. The molecule has 3 N–H and O–H groups in total. The van der Waals surface area contributed by atoms with E-state index in [1.54, 1.807) is 12.1 Å². The van der Waals surface area contributed by atoms with Crippen molar-refractivity contribution < 1.29 is 19.5 Å². The number of nitrogens with zero attached hydrogens (tertiary/aromatic N) is 1. The number of pyridine rings is 1. The van der Waals surface area contributed by atoms with Gasteiger partial charge in [0.05, 0.1) is 11.9 Å². The molecule has 0 atom stereocenters. The van der Waals surface area contributed by atoms with Crippen LogP contribution >= 0.6 is 0 Å². The van der Waals surface area contributed by atoms with E-state index >= 15 is 0 Å². The molecule has 0 unspecified atom stereocenters. The lowest BCUT2D eigenvalue weighted by Gasteiger charge is -2.26. The van der Waals surface area contributed by atoms with Gasteiger partial charge in [0.1, 0.15) is 11.2 Å². The number of carboxylic acid groups (broad SMARTS) is 1. The maximum Gasteiger partial charge on any atom is 0.319 e. The maximum atomic E-state index is 12.7. The second-order valence-corrected chi connectivity index (χ2v) is 6.95. The number of hydrogen-bond donors (Lipinski definition) is 3. The zero-order chi connectivity index (χ0) is 17.9. The van der Waals surface area contributed by atoms with Crippen molar-refractivity contribution in [3.63, 3.8) is 0 Å². The van der Waals surface area contributed by atoms with Crippen molar-refractivity contribution >= 4 is 29.3 Å². The fourth-order valence-electron chi connectivity index (χ4n) is 3.24. The molecule has 2 fully saturated rings. The van der Waals surface area contributed by atoms with E-state index in [-0.39, 0.29) is 11.8 Å². The van der Waals surface area contributed by atoms with E-state index in [0.717, 1.165) is 38.5 Å². The van der Waals surface area contributed by atoms with E-state index in [1.165, 1.54) is 6.20 Å². The number of rotatable bonds is 5. The Balaban J connectivity index is 1.66. The normalized spacial score (nSPS) is 19.5. The van der Waals surface area contributed by atoms with Crippen molar-refractivity contribution in [2.75, 3.05) is 10.6 Å². The van der Waals surface area contributed by atoms with Crippen LogP contribution in [0.4, 0.5) is 11.5 Å². The Kier molecular flexibility index (Phi) is 5.01. The van der Waals surface area contributed by atoms with Gasteiger partial charge in [0, 0.05) is 5.92 Å². The number of carboxylic acids is 1. The molecular weight excluding hydrogens is 322 g/mol. The third kappa shape index (κ3) is 3.97. The topological polar surface area (TPSA) is 108 Å². The molecule has 0 saturated heterocycles. The predicted molar refractivity (Wildman–Crippen MR) is 92.0 cm³/mol. The first-order valence-electron chi connectivity index (χ1n) is 8.83. The highest BCUT2D eigenvalue weighted by Gasteiger charge is 2.45. The zero-order valence-corrected chi connectivity index (χ0v) is 14.1.